The molecule has 4 nitrogen and oxygen atoms in total. The minimum atomic E-state index is -0.283. The fourth-order valence-electron chi connectivity index (χ4n) is 2.84. The summed E-state index contributed by atoms with van der Waals surface area (Å²) in [4.78, 5) is 18.9. The quantitative estimate of drug-likeness (QED) is 0.555. The van der Waals surface area contributed by atoms with Crippen molar-refractivity contribution in [3.63, 3.8) is 0 Å². The molecule has 2 aromatic carbocycles. The van der Waals surface area contributed by atoms with Gasteiger partial charge in [0.05, 0.1) is 24.8 Å². The number of hydrogen-bond acceptors (Lipinski definition) is 4. The Hall–Kier alpha value is -2.73. The normalized spacial score (nSPS) is 11.9. The third-order valence-corrected chi connectivity index (χ3v) is 5.56. The molecule has 1 amide bonds. The molecule has 3 rings (SSSR count). The number of aromatic nitrogens is 1. The molecular weight excluding hydrogens is 375 g/mol. The first-order chi connectivity index (χ1) is 13.5. The van der Waals surface area contributed by atoms with Crippen molar-refractivity contribution in [2.45, 2.75) is 26.3 Å². The van der Waals surface area contributed by atoms with E-state index in [9.17, 15) is 9.18 Å². The molecule has 1 aromatic heterocycles. The van der Waals surface area contributed by atoms with Gasteiger partial charge in [0, 0.05) is 18.0 Å². The number of thiazole rings is 1. The number of hydrogen-bond donors (Lipinski definition) is 0. The Morgan fingerprint density at radius 2 is 1.86 bits per heavy atom. The van der Waals surface area contributed by atoms with E-state index in [2.05, 4.69) is 4.98 Å². The summed E-state index contributed by atoms with van der Waals surface area (Å²) >= 11 is 1.52. The molecule has 1 unspecified atom stereocenters. The monoisotopic (exact) mass is 398 g/mol. The Kier molecular flexibility index (Phi) is 6.41. The van der Waals surface area contributed by atoms with E-state index in [0.29, 0.717) is 6.61 Å². The Bertz CT molecular complexity index is 922. The third-order valence-electron chi connectivity index (χ3n) is 4.62. The first kappa shape index (κ1) is 20.0. The summed E-state index contributed by atoms with van der Waals surface area (Å²) in [5.74, 6) is 0.518. The lowest BCUT2D eigenvalue weighted by Gasteiger charge is -2.25. The summed E-state index contributed by atoms with van der Waals surface area (Å²) in [7, 11) is 1.76. The number of likely N-dealkylation sites (N-methyl/N-ethyl adjacent to an activating group) is 1. The number of ether oxygens (including phenoxy) is 1. The van der Waals surface area contributed by atoms with Gasteiger partial charge in [0.25, 0.3) is 0 Å². The predicted molar refractivity (Wildman–Crippen MR) is 110 cm³/mol. The van der Waals surface area contributed by atoms with Gasteiger partial charge in [-0.05, 0) is 55.8 Å². The van der Waals surface area contributed by atoms with Crippen molar-refractivity contribution < 1.29 is 13.9 Å². The highest BCUT2D eigenvalue weighted by Gasteiger charge is 2.19. The van der Waals surface area contributed by atoms with Crippen LogP contribution in [0.4, 0.5) is 4.39 Å². The molecule has 1 heterocycles. The number of benzene rings is 2. The van der Waals surface area contributed by atoms with Gasteiger partial charge in [0.1, 0.15) is 16.6 Å². The van der Waals surface area contributed by atoms with Crippen LogP contribution in [0, 0.1) is 5.82 Å². The molecule has 0 spiro atoms. The Morgan fingerprint density at radius 3 is 2.50 bits per heavy atom. The molecule has 0 radical (unpaired) electrons. The first-order valence-corrected chi connectivity index (χ1v) is 10.0. The van der Waals surface area contributed by atoms with Crippen molar-refractivity contribution in [1.82, 2.24) is 9.88 Å². The van der Waals surface area contributed by atoms with Gasteiger partial charge in [-0.15, -0.1) is 11.3 Å². The number of amides is 1. The fourth-order valence-corrected chi connectivity index (χ4v) is 3.67. The van der Waals surface area contributed by atoms with Crippen LogP contribution in [0.2, 0.25) is 0 Å². The zero-order valence-electron chi connectivity index (χ0n) is 16.2. The molecule has 3 aromatic rings. The fraction of sp³-hybridized carbons (Fsp3) is 0.273. The molecule has 0 aliphatic heterocycles. The van der Waals surface area contributed by atoms with Crippen LogP contribution in [0.3, 0.4) is 0 Å². The molecule has 0 N–H and O–H groups in total. The zero-order valence-corrected chi connectivity index (χ0v) is 17.0. The maximum atomic E-state index is 13.1. The topological polar surface area (TPSA) is 42.4 Å². The minimum absolute atomic E-state index is 0.0274. The van der Waals surface area contributed by atoms with Crippen LogP contribution in [-0.4, -0.2) is 29.4 Å². The minimum Gasteiger partial charge on any atom is -0.494 e. The highest BCUT2D eigenvalue weighted by molar-refractivity contribution is 7.13. The molecular formula is C22H23FN2O2S. The number of carbonyl (C=O) groups excluding carboxylic acids is 1. The lowest BCUT2D eigenvalue weighted by molar-refractivity contribution is -0.131. The summed E-state index contributed by atoms with van der Waals surface area (Å²) in [6.07, 6.45) is 0.232. The molecule has 0 saturated carbocycles. The van der Waals surface area contributed by atoms with E-state index in [1.54, 1.807) is 24.1 Å². The Balaban J connectivity index is 1.65. The van der Waals surface area contributed by atoms with Gasteiger partial charge in [-0.25, -0.2) is 9.37 Å². The maximum Gasteiger partial charge on any atom is 0.228 e. The second kappa shape index (κ2) is 8.97. The van der Waals surface area contributed by atoms with E-state index < -0.39 is 0 Å². The van der Waals surface area contributed by atoms with Crippen LogP contribution >= 0.6 is 11.3 Å². The summed E-state index contributed by atoms with van der Waals surface area (Å²) < 4.78 is 18.6. The van der Waals surface area contributed by atoms with Gasteiger partial charge in [0.15, 0.2) is 0 Å². The standard InChI is InChI=1S/C22H23FN2O2S/c1-4-27-20-11-7-17(8-12-20)22-24-19(14-28-22)13-21(26)25(3)15(2)16-5-9-18(23)10-6-16/h5-12,14-15H,4,13H2,1-3H3. The second-order valence-electron chi connectivity index (χ2n) is 6.51. The molecule has 6 heteroatoms. The average Bonchev–Trinajstić information content (AvgIpc) is 3.16. The summed E-state index contributed by atoms with van der Waals surface area (Å²) in [6, 6.07) is 13.9. The van der Waals surface area contributed by atoms with E-state index in [-0.39, 0.29) is 24.2 Å². The van der Waals surface area contributed by atoms with Crippen molar-refractivity contribution in [2.75, 3.05) is 13.7 Å². The predicted octanol–water partition coefficient (Wildman–Crippen LogP) is 5.11. The second-order valence-corrected chi connectivity index (χ2v) is 7.37. The van der Waals surface area contributed by atoms with Crippen LogP contribution in [0.5, 0.6) is 5.75 Å². The van der Waals surface area contributed by atoms with Crippen molar-refractivity contribution in [1.29, 1.82) is 0 Å². The highest BCUT2D eigenvalue weighted by Crippen LogP contribution is 2.27. The van der Waals surface area contributed by atoms with E-state index >= 15 is 0 Å². The molecule has 0 fully saturated rings. The van der Waals surface area contributed by atoms with Gasteiger partial charge in [-0.2, -0.15) is 0 Å². The molecule has 0 aliphatic carbocycles. The first-order valence-electron chi connectivity index (χ1n) is 9.16. The number of halogens is 1. The highest BCUT2D eigenvalue weighted by atomic mass is 32.1. The Morgan fingerprint density at radius 1 is 1.18 bits per heavy atom. The van der Waals surface area contributed by atoms with Crippen LogP contribution in [0.15, 0.2) is 53.9 Å². The molecule has 1 atom stereocenters. The maximum absolute atomic E-state index is 13.1. The number of rotatable bonds is 7. The van der Waals surface area contributed by atoms with E-state index in [1.165, 1.54) is 23.5 Å². The van der Waals surface area contributed by atoms with Gasteiger partial charge < -0.3 is 9.64 Å². The van der Waals surface area contributed by atoms with Crippen LogP contribution in [-0.2, 0) is 11.2 Å². The molecule has 0 saturated heterocycles. The Labute approximate surface area is 168 Å². The van der Waals surface area contributed by atoms with E-state index in [0.717, 1.165) is 27.6 Å². The van der Waals surface area contributed by atoms with Crippen molar-refractivity contribution in [3.8, 4) is 16.3 Å². The van der Waals surface area contributed by atoms with E-state index in [4.69, 9.17) is 4.74 Å². The van der Waals surface area contributed by atoms with Crippen molar-refractivity contribution in [3.05, 3.63) is 71.0 Å². The lowest BCUT2D eigenvalue weighted by atomic mass is 10.1. The van der Waals surface area contributed by atoms with Gasteiger partial charge in [0.2, 0.25) is 5.91 Å². The van der Waals surface area contributed by atoms with Gasteiger partial charge in [-0.3, -0.25) is 4.79 Å². The average molecular weight is 399 g/mol. The van der Waals surface area contributed by atoms with Crippen LogP contribution < -0.4 is 4.74 Å². The van der Waals surface area contributed by atoms with Gasteiger partial charge in [-0.1, -0.05) is 12.1 Å². The summed E-state index contributed by atoms with van der Waals surface area (Å²) in [6.45, 7) is 4.51. The smallest absolute Gasteiger partial charge is 0.228 e. The lowest BCUT2D eigenvalue weighted by Crippen LogP contribution is -2.31. The molecule has 0 bridgehead atoms. The molecule has 28 heavy (non-hydrogen) atoms. The number of nitrogens with zero attached hydrogens (tertiary/aromatic N) is 2. The molecule has 146 valence electrons. The van der Waals surface area contributed by atoms with Crippen LogP contribution in [0.25, 0.3) is 10.6 Å². The summed E-state index contributed by atoms with van der Waals surface area (Å²) in [5.41, 5.74) is 2.64. The number of carbonyl (C=O) groups is 1. The van der Waals surface area contributed by atoms with Crippen LogP contribution in [0.1, 0.15) is 31.1 Å². The third kappa shape index (κ3) is 4.75. The van der Waals surface area contributed by atoms with Gasteiger partial charge >= 0.3 is 0 Å². The molecule has 0 aliphatic rings. The van der Waals surface area contributed by atoms with E-state index in [1.807, 2.05) is 43.5 Å². The van der Waals surface area contributed by atoms with Crippen molar-refractivity contribution >= 4 is 17.2 Å². The zero-order chi connectivity index (χ0) is 20.1. The largest absolute Gasteiger partial charge is 0.494 e. The SMILES string of the molecule is CCOc1ccc(-c2nc(CC(=O)N(C)C(C)c3ccc(F)cc3)cs2)cc1. The van der Waals surface area contributed by atoms with Crippen molar-refractivity contribution in [2.24, 2.45) is 0 Å². The summed E-state index contributed by atoms with van der Waals surface area (Å²) in [5, 5.41) is 2.79.